The zero-order valence-corrected chi connectivity index (χ0v) is 12.9. The molecule has 1 N–H and O–H groups in total. The molecular weight excluding hydrogens is 294 g/mol. The van der Waals surface area contributed by atoms with Crippen LogP contribution < -0.4 is 5.32 Å². The zero-order chi connectivity index (χ0) is 15.6. The highest BCUT2D eigenvalue weighted by molar-refractivity contribution is 7.89. The molecular formula is C13H19N3O4S. The second kappa shape index (κ2) is 5.98. The maximum Gasteiger partial charge on any atom is 0.292 e. The highest BCUT2D eigenvalue weighted by Crippen LogP contribution is 2.31. The molecule has 1 fully saturated rings. The Bertz CT molecular complexity index is 639. The van der Waals surface area contributed by atoms with Crippen molar-refractivity contribution >= 4 is 21.4 Å². The number of nitrogens with one attached hydrogen (secondary N) is 1. The number of nitro groups is 1. The lowest BCUT2D eigenvalue weighted by Gasteiger charge is -2.23. The van der Waals surface area contributed by atoms with Gasteiger partial charge in [0, 0.05) is 26.2 Å². The minimum Gasteiger partial charge on any atom is -0.383 e. The first-order valence-corrected chi connectivity index (χ1v) is 8.26. The third-order valence-corrected chi connectivity index (χ3v) is 5.86. The van der Waals surface area contributed by atoms with Crippen molar-refractivity contribution in [3.05, 3.63) is 28.3 Å². The molecule has 1 aromatic carbocycles. The molecule has 0 heterocycles. The lowest BCUT2D eigenvalue weighted by Crippen LogP contribution is -2.35. The topological polar surface area (TPSA) is 92.6 Å². The average Bonchev–Trinajstić information content (AvgIpc) is 2.99. The van der Waals surface area contributed by atoms with E-state index in [2.05, 4.69) is 5.32 Å². The fourth-order valence-corrected chi connectivity index (χ4v) is 4.11. The van der Waals surface area contributed by atoms with E-state index in [-0.39, 0.29) is 22.3 Å². The average molecular weight is 313 g/mol. The van der Waals surface area contributed by atoms with Crippen molar-refractivity contribution in [2.45, 2.75) is 36.6 Å². The second-order valence-electron chi connectivity index (χ2n) is 5.15. The van der Waals surface area contributed by atoms with Gasteiger partial charge in [-0.15, -0.1) is 0 Å². The van der Waals surface area contributed by atoms with Crippen molar-refractivity contribution in [2.75, 3.05) is 19.4 Å². The van der Waals surface area contributed by atoms with Crippen molar-refractivity contribution in [2.24, 2.45) is 0 Å². The van der Waals surface area contributed by atoms with Gasteiger partial charge in [0.25, 0.3) is 5.69 Å². The van der Waals surface area contributed by atoms with Crippen LogP contribution in [0, 0.1) is 10.1 Å². The van der Waals surface area contributed by atoms with Crippen molar-refractivity contribution in [3.63, 3.8) is 0 Å². The summed E-state index contributed by atoms with van der Waals surface area (Å²) in [5.41, 5.74) is 0.0564. The van der Waals surface area contributed by atoms with Gasteiger partial charge in [0.2, 0.25) is 10.0 Å². The van der Waals surface area contributed by atoms with Crippen LogP contribution in [0.25, 0.3) is 0 Å². The smallest absolute Gasteiger partial charge is 0.292 e. The van der Waals surface area contributed by atoms with Gasteiger partial charge in [0.1, 0.15) is 5.69 Å². The van der Waals surface area contributed by atoms with Gasteiger partial charge in [-0.05, 0) is 25.0 Å². The van der Waals surface area contributed by atoms with Crippen LogP contribution >= 0.6 is 0 Å². The quantitative estimate of drug-likeness (QED) is 0.664. The van der Waals surface area contributed by atoms with Gasteiger partial charge in [0.05, 0.1) is 9.82 Å². The Morgan fingerprint density at radius 1 is 1.33 bits per heavy atom. The number of nitrogens with zero attached hydrogens (tertiary/aromatic N) is 2. The summed E-state index contributed by atoms with van der Waals surface area (Å²) in [5.74, 6) is 0. The number of nitro benzene ring substituents is 1. The lowest BCUT2D eigenvalue weighted by atomic mass is 10.3. The van der Waals surface area contributed by atoms with E-state index in [9.17, 15) is 18.5 Å². The number of sulfonamides is 1. The van der Waals surface area contributed by atoms with E-state index >= 15 is 0 Å². The molecule has 116 valence electrons. The van der Waals surface area contributed by atoms with Crippen LogP contribution in [0.3, 0.4) is 0 Å². The van der Waals surface area contributed by atoms with E-state index in [0.29, 0.717) is 0 Å². The molecule has 7 nitrogen and oxygen atoms in total. The van der Waals surface area contributed by atoms with E-state index in [0.717, 1.165) is 25.7 Å². The summed E-state index contributed by atoms with van der Waals surface area (Å²) < 4.78 is 26.6. The van der Waals surface area contributed by atoms with E-state index in [1.165, 1.54) is 29.6 Å². The monoisotopic (exact) mass is 313 g/mol. The van der Waals surface area contributed by atoms with Crippen LogP contribution in [-0.4, -0.2) is 37.8 Å². The van der Waals surface area contributed by atoms with E-state index < -0.39 is 14.9 Å². The van der Waals surface area contributed by atoms with Crippen LogP contribution in [0.2, 0.25) is 0 Å². The maximum absolute atomic E-state index is 12.6. The fraction of sp³-hybridized carbons (Fsp3) is 0.538. The van der Waals surface area contributed by atoms with Crippen molar-refractivity contribution in [1.29, 1.82) is 0 Å². The summed E-state index contributed by atoms with van der Waals surface area (Å²) in [6, 6.07) is 3.85. The number of benzene rings is 1. The van der Waals surface area contributed by atoms with Crippen LogP contribution in [-0.2, 0) is 10.0 Å². The third kappa shape index (κ3) is 3.01. The molecule has 0 aromatic heterocycles. The summed E-state index contributed by atoms with van der Waals surface area (Å²) in [6.45, 7) is 0. The number of rotatable bonds is 5. The fourth-order valence-electron chi connectivity index (χ4n) is 2.67. The lowest BCUT2D eigenvalue weighted by molar-refractivity contribution is -0.384. The van der Waals surface area contributed by atoms with Gasteiger partial charge in [-0.1, -0.05) is 12.8 Å². The van der Waals surface area contributed by atoms with Gasteiger partial charge < -0.3 is 5.32 Å². The van der Waals surface area contributed by atoms with Gasteiger partial charge >= 0.3 is 0 Å². The largest absolute Gasteiger partial charge is 0.383 e. The van der Waals surface area contributed by atoms with Crippen molar-refractivity contribution in [3.8, 4) is 0 Å². The van der Waals surface area contributed by atoms with Crippen molar-refractivity contribution < 1.29 is 13.3 Å². The normalized spacial score (nSPS) is 16.3. The zero-order valence-electron chi connectivity index (χ0n) is 12.1. The summed E-state index contributed by atoms with van der Waals surface area (Å²) in [4.78, 5) is 10.4. The Labute approximate surface area is 124 Å². The first kappa shape index (κ1) is 15.7. The Hall–Kier alpha value is -1.67. The Morgan fingerprint density at radius 2 is 1.95 bits per heavy atom. The molecule has 1 aliphatic rings. The molecule has 0 bridgehead atoms. The molecule has 0 amide bonds. The van der Waals surface area contributed by atoms with Crippen molar-refractivity contribution in [1.82, 2.24) is 4.31 Å². The third-order valence-electron chi connectivity index (χ3n) is 3.95. The van der Waals surface area contributed by atoms with Gasteiger partial charge in [-0.25, -0.2) is 8.42 Å². The maximum atomic E-state index is 12.6. The molecule has 2 rings (SSSR count). The van der Waals surface area contributed by atoms with Gasteiger partial charge in [-0.3, -0.25) is 10.1 Å². The minimum absolute atomic E-state index is 0.0169. The van der Waals surface area contributed by atoms with E-state index in [1.54, 1.807) is 7.05 Å². The van der Waals surface area contributed by atoms with Crippen LogP contribution in [0.5, 0.6) is 0 Å². The summed E-state index contributed by atoms with van der Waals surface area (Å²) in [6.07, 6.45) is 3.79. The van der Waals surface area contributed by atoms with E-state index in [1.807, 2.05) is 0 Å². The molecule has 1 aliphatic carbocycles. The van der Waals surface area contributed by atoms with Crippen LogP contribution in [0.1, 0.15) is 25.7 Å². The van der Waals surface area contributed by atoms with Gasteiger partial charge in [0.15, 0.2) is 0 Å². The second-order valence-corrected chi connectivity index (χ2v) is 7.14. The molecule has 0 spiro atoms. The number of hydrogen-bond donors (Lipinski definition) is 1. The molecule has 0 aliphatic heterocycles. The minimum atomic E-state index is -3.63. The summed E-state index contributed by atoms with van der Waals surface area (Å²) in [7, 11) is -0.524. The summed E-state index contributed by atoms with van der Waals surface area (Å²) >= 11 is 0. The molecule has 0 saturated heterocycles. The molecule has 8 heteroatoms. The number of hydrogen-bond acceptors (Lipinski definition) is 5. The molecule has 1 aromatic rings. The predicted molar refractivity (Wildman–Crippen MR) is 79.8 cm³/mol. The first-order valence-electron chi connectivity index (χ1n) is 6.82. The molecule has 0 unspecified atom stereocenters. The molecule has 1 saturated carbocycles. The number of anilines is 1. The van der Waals surface area contributed by atoms with Crippen LogP contribution in [0.15, 0.2) is 23.1 Å². The standard InChI is InChI=1S/C13H19N3O4S/c1-14-12-9-11(7-8-13(12)16(17)18)21(19,20)15(2)10-5-3-4-6-10/h7-10,14H,3-6H2,1-2H3. The Morgan fingerprint density at radius 3 is 2.48 bits per heavy atom. The Kier molecular flexibility index (Phi) is 4.48. The summed E-state index contributed by atoms with van der Waals surface area (Å²) in [5, 5.41) is 13.6. The van der Waals surface area contributed by atoms with Crippen LogP contribution in [0.4, 0.5) is 11.4 Å². The van der Waals surface area contributed by atoms with E-state index in [4.69, 9.17) is 0 Å². The highest BCUT2D eigenvalue weighted by Gasteiger charge is 2.31. The highest BCUT2D eigenvalue weighted by atomic mass is 32.2. The Balaban J connectivity index is 2.38. The van der Waals surface area contributed by atoms with Gasteiger partial charge in [-0.2, -0.15) is 4.31 Å². The predicted octanol–water partition coefficient (Wildman–Crippen LogP) is 2.20. The first-order chi connectivity index (χ1) is 9.87. The molecule has 0 atom stereocenters. The molecule has 0 radical (unpaired) electrons. The SMILES string of the molecule is CNc1cc(S(=O)(=O)N(C)C2CCCC2)ccc1[N+](=O)[O-]. The molecule has 21 heavy (non-hydrogen) atoms.